The van der Waals surface area contributed by atoms with Crippen molar-refractivity contribution in [3.63, 3.8) is 0 Å². The van der Waals surface area contributed by atoms with Crippen LogP contribution < -0.4 is 5.32 Å². The van der Waals surface area contributed by atoms with Crippen molar-refractivity contribution in [1.82, 2.24) is 15.1 Å². The van der Waals surface area contributed by atoms with E-state index in [0.29, 0.717) is 4.68 Å². The summed E-state index contributed by atoms with van der Waals surface area (Å²) in [6.07, 6.45) is -16.9. The van der Waals surface area contributed by atoms with Gasteiger partial charge in [-0.15, -0.1) is 0 Å². The third-order valence-electron chi connectivity index (χ3n) is 5.85. The lowest BCUT2D eigenvalue weighted by atomic mass is 9.88. The number of nitrogens with one attached hydrogen (secondary N) is 1. The van der Waals surface area contributed by atoms with Crippen LogP contribution in [0, 0.1) is 6.92 Å². The third kappa shape index (κ3) is 7.56. The standard InChI is InChI=1S/C23H21F9N4O4.CH4/c1-12-7-13(3-4-14(12)16(37)5-6-19(38)33-10-21(24,25)26)15-9-20(40-35-15,23(30,31)32)18-8-17(22(27,28)29)34-36(18)11-39-2;/h3-4,7-8H,5-6,9-11H2,1-2H3,(H,33,38);1H4. The maximum atomic E-state index is 14.3. The Labute approximate surface area is 227 Å². The third-order valence-corrected chi connectivity index (χ3v) is 5.85. The zero-order valence-corrected chi connectivity index (χ0v) is 20.7. The molecule has 1 aliphatic heterocycles. The molecular weight excluding hydrogens is 579 g/mol. The van der Waals surface area contributed by atoms with Gasteiger partial charge in [-0.3, -0.25) is 9.59 Å². The number of halogens is 9. The van der Waals surface area contributed by atoms with Gasteiger partial charge < -0.3 is 14.9 Å². The van der Waals surface area contributed by atoms with Crippen molar-refractivity contribution in [1.29, 1.82) is 0 Å². The van der Waals surface area contributed by atoms with Crippen LogP contribution in [0.15, 0.2) is 29.4 Å². The Kier molecular flexibility index (Phi) is 9.89. The number of nitrogens with zero attached hydrogens (tertiary/aromatic N) is 3. The summed E-state index contributed by atoms with van der Waals surface area (Å²) >= 11 is 0. The second-order valence-corrected chi connectivity index (χ2v) is 8.81. The molecule has 0 aliphatic carbocycles. The number of benzene rings is 1. The molecular formula is C24H25F9N4O4. The van der Waals surface area contributed by atoms with Crippen molar-refractivity contribution >= 4 is 17.4 Å². The summed E-state index contributed by atoms with van der Waals surface area (Å²) in [5.41, 5.74) is -5.83. The average Bonchev–Trinajstić information content (AvgIpc) is 3.46. The van der Waals surface area contributed by atoms with Crippen LogP contribution >= 0.6 is 0 Å². The minimum Gasteiger partial charge on any atom is -0.372 e. The van der Waals surface area contributed by atoms with E-state index in [0.717, 1.165) is 7.11 Å². The maximum Gasteiger partial charge on any atom is 0.437 e. The minimum atomic E-state index is -5.25. The van der Waals surface area contributed by atoms with Gasteiger partial charge in [-0.25, -0.2) is 4.68 Å². The van der Waals surface area contributed by atoms with Crippen LogP contribution in [0.2, 0.25) is 0 Å². The molecule has 1 N–H and O–H groups in total. The fourth-order valence-electron chi connectivity index (χ4n) is 3.93. The smallest absolute Gasteiger partial charge is 0.372 e. The molecule has 0 saturated carbocycles. The lowest BCUT2D eigenvalue weighted by Crippen LogP contribution is -2.44. The predicted molar refractivity (Wildman–Crippen MR) is 125 cm³/mol. The molecule has 1 aromatic carbocycles. The fourth-order valence-corrected chi connectivity index (χ4v) is 3.93. The van der Waals surface area contributed by atoms with Crippen molar-refractivity contribution in [2.45, 2.75) is 64.5 Å². The number of aromatic nitrogens is 2. The van der Waals surface area contributed by atoms with Gasteiger partial charge in [0.25, 0.3) is 5.60 Å². The van der Waals surface area contributed by atoms with Crippen LogP contribution in [0.5, 0.6) is 0 Å². The SMILES string of the molecule is C.COCn1nc(C(F)(F)F)cc1C1(C(F)(F)F)CC(c2ccc(C(=O)CCC(=O)NCC(F)(F)F)c(C)c2)=NO1. The molecule has 3 rings (SSSR count). The second kappa shape index (κ2) is 12.1. The number of methoxy groups -OCH3 is 1. The lowest BCUT2D eigenvalue weighted by Gasteiger charge is -2.29. The molecule has 41 heavy (non-hydrogen) atoms. The predicted octanol–water partition coefficient (Wildman–Crippen LogP) is 5.67. The van der Waals surface area contributed by atoms with E-state index >= 15 is 0 Å². The molecule has 8 nitrogen and oxygen atoms in total. The molecule has 0 saturated heterocycles. The zero-order valence-electron chi connectivity index (χ0n) is 20.7. The van der Waals surface area contributed by atoms with Gasteiger partial charge >= 0.3 is 18.5 Å². The van der Waals surface area contributed by atoms with Crippen molar-refractivity contribution in [3.8, 4) is 0 Å². The number of ether oxygens (including phenoxy) is 1. The Morgan fingerprint density at radius 2 is 1.73 bits per heavy atom. The Bertz CT molecular complexity index is 1300. The summed E-state index contributed by atoms with van der Waals surface area (Å²) in [5.74, 6) is -1.61. The van der Waals surface area contributed by atoms with Gasteiger partial charge in [0.1, 0.15) is 13.3 Å². The number of ketones is 1. The molecule has 1 amide bonds. The van der Waals surface area contributed by atoms with Crippen LogP contribution in [-0.2, 0) is 32.9 Å². The maximum absolute atomic E-state index is 14.3. The lowest BCUT2D eigenvalue weighted by molar-refractivity contribution is -0.278. The first-order chi connectivity index (χ1) is 18.4. The van der Waals surface area contributed by atoms with E-state index in [1.54, 1.807) is 5.32 Å². The van der Waals surface area contributed by atoms with E-state index in [1.165, 1.54) is 25.1 Å². The van der Waals surface area contributed by atoms with Gasteiger partial charge in [0, 0.05) is 25.5 Å². The topological polar surface area (TPSA) is 94.8 Å². The molecule has 1 aliphatic rings. The van der Waals surface area contributed by atoms with E-state index in [4.69, 9.17) is 9.57 Å². The molecule has 228 valence electrons. The minimum absolute atomic E-state index is 0. The van der Waals surface area contributed by atoms with E-state index < -0.39 is 79.7 Å². The molecule has 0 fully saturated rings. The molecule has 0 radical (unpaired) electrons. The van der Waals surface area contributed by atoms with Crippen molar-refractivity contribution in [2.75, 3.05) is 13.7 Å². The first-order valence-corrected chi connectivity index (χ1v) is 11.3. The van der Waals surface area contributed by atoms with Crippen LogP contribution in [0.25, 0.3) is 0 Å². The number of hydrogen-bond donors (Lipinski definition) is 1. The van der Waals surface area contributed by atoms with Crippen LogP contribution in [-0.4, -0.2) is 53.2 Å². The highest BCUT2D eigenvalue weighted by molar-refractivity contribution is 6.04. The summed E-state index contributed by atoms with van der Waals surface area (Å²) in [7, 11) is 1.05. The zero-order chi connectivity index (χ0) is 30.1. The molecule has 2 aromatic rings. The number of hydrogen-bond acceptors (Lipinski definition) is 6. The van der Waals surface area contributed by atoms with Crippen LogP contribution in [0.4, 0.5) is 39.5 Å². The Morgan fingerprint density at radius 3 is 2.27 bits per heavy atom. The van der Waals surface area contributed by atoms with E-state index in [9.17, 15) is 49.1 Å². The van der Waals surface area contributed by atoms with E-state index in [2.05, 4.69) is 10.3 Å². The summed E-state index contributed by atoms with van der Waals surface area (Å²) in [6.45, 7) is -0.871. The Morgan fingerprint density at radius 1 is 1.07 bits per heavy atom. The van der Waals surface area contributed by atoms with Crippen molar-refractivity contribution in [2.24, 2.45) is 5.16 Å². The molecule has 1 atom stereocenters. The molecule has 2 heterocycles. The summed E-state index contributed by atoms with van der Waals surface area (Å²) in [4.78, 5) is 28.8. The van der Waals surface area contributed by atoms with E-state index in [1.807, 2.05) is 0 Å². The van der Waals surface area contributed by atoms with Gasteiger partial charge in [-0.05, 0) is 30.2 Å². The van der Waals surface area contributed by atoms with E-state index in [-0.39, 0.29) is 35.9 Å². The van der Waals surface area contributed by atoms with Gasteiger partial charge in [0.15, 0.2) is 11.5 Å². The first kappa shape index (κ1) is 33.6. The summed E-state index contributed by atoms with van der Waals surface area (Å²) in [6, 6.07) is 3.96. The number of carbonyl (C=O) groups excluding carboxylic acids is 2. The van der Waals surface area contributed by atoms with Gasteiger partial charge in [-0.2, -0.15) is 44.6 Å². The van der Waals surface area contributed by atoms with Crippen molar-refractivity contribution < 1.29 is 58.7 Å². The first-order valence-electron chi connectivity index (χ1n) is 11.3. The Hall–Kier alpha value is -3.63. The average molecular weight is 604 g/mol. The van der Waals surface area contributed by atoms with Gasteiger partial charge in [0.2, 0.25) is 5.91 Å². The largest absolute Gasteiger partial charge is 0.437 e. The van der Waals surface area contributed by atoms with Crippen LogP contribution in [0.1, 0.15) is 59.6 Å². The Balaban J connectivity index is 0.00000588. The monoisotopic (exact) mass is 604 g/mol. The van der Waals surface area contributed by atoms with Crippen LogP contribution in [0.3, 0.4) is 0 Å². The second-order valence-electron chi connectivity index (χ2n) is 8.81. The number of aryl methyl sites for hydroxylation is 1. The molecule has 17 heteroatoms. The quantitative estimate of drug-likeness (QED) is 0.294. The molecule has 0 bridgehead atoms. The number of carbonyl (C=O) groups is 2. The molecule has 0 spiro atoms. The highest BCUT2D eigenvalue weighted by Gasteiger charge is 2.64. The molecule has 1 aromatic heterocycles. The van der Waals surface area contributed by atoms with Gasteiger partial charge in [0.05, 0.1) is 17.8 Å². The highest BCUT2D eigenvalue weighted by atomic mass is 19.4. The number of amides is 1. The molecule has 1 unspecified atom stereocenters. The fraction of sp³-hybridized carbons (Fsp3) is 0.500. The highest BCUT2D eigenvalue weighted by Crippen LogP contribution is 2.49. The normalized spacial score (nSPS) is 17.5. The van der Waals surface area contributed by atoms with Gasteiger partial charge in [-0.1, -0.05) is 24.7 Å². The number of alkyl halides is 9. The summed E-state index contributed by atoms with van der Waals surface area (Å²) < 4.78 is 124. The number of Topliss-reactive ketones (excluding diaryl/α,β-unsaturated/α-hetero) is 1. The number of rotatable bonds is 9. The van der Waals surface area contributed by atoms with Crippen molar-refractivity contribution in [3.05, 3.63) is 52.3 Å². The number of oxime groups is 1. The summed E-state index contributed by atoms with van der Waals surface area (Å²) in [5, 5.41) is 8.31.